The first-order chi connectivity index (χ1) is 5.89. The number of carbonyl (C=O) groups excluding carboxylic acids is 1. The molecule has 0 atom stereocenters. The first kappa shape index (κ1) is 10.3. The van der Waals surface area contributed by atoms with E-state index in [2.05, 4.69) is 32.2 Å². The Balaban J connectivity index is 2.81. The highest BCUT2D eigenvalue weighted by Gasteiger charge is 2.15. The molecule has 0 radical (unpaired) electrons. The van der Waals surface area contributed by atoms with E-state index < -0.39 is 0 Å². The molecule has 0 aliphatic carbocycles. The minimum Gasteiger partial charge on any atom is -0.318 e. The summed E-state index contributed by atoms with van der Waals surface area (Å²) in [6, 6.07) is 4.02. The van der Waals surface area contributed by atoms with Gasteiger partial charge in [0.05, 0.1) is 5.00 Å². The molecule has 0 unspecified atom stereocenters. The summed E-state index contributed by atoms with van der Waals surface area (Å²) in [4.78, 5) is 12.1. The third-order valence-electron chi connectivity index (χ3n) is 1.64. The van der Waals surface area contributed by atoms with Gasteiger partial charge in [0, 0.05) is 11.8 Å². The van der Waals surface area contributed by atoms with E-state index in [1.54, 1.807) is 11.3 Å². The van der Waals surface area contributed by atoms with Crippen LogP contribution in [0.25, 0.3) is 0 Å². The van der Waals surface area contributed by atoms with Gasteiger partial charge in [-0.15, -0.1) is 11.3 Å². The van der Waals surface area contributed by atoms with Crippen molar-refractivity contribution in [1.82, 2.24) is 0 Å². The summed E-state index contributed by atoms with van der Waals surface area (Å²) < 4.78 is 0. The van der Waals surface area contributed by atoms with Gasteiger partial charge in [-0.25, -0.2) is 0 Å². The first-order valence-corrected chi connectivity index (χ1v) is 5.09. The Bertz CT molecular complexity index is 309. The second-order valence-corrected chi connectivity index (χ2v) is 5.18. The predicted octanol–water partition coefficient (Wildman–Crippen LogP) is 3.00. The van der Waals surface area contributed by atoms with Crippen molar-refractivity contribution in [2.45, 2.75) is 33.1 Å². The Labute approximate surface area is 83.0 Å². The Morgan fingerprint density at radius 3 is 2.38 bits per heavy atom. The van der Waals surface area contributed by atoms with Gasteiger partial charge in [-0.1, -0.05) is 20.8 Å². The zero-order valence-corrected chi connectivity index (χ0v) is 9.29. The summed E-state index contributed by atoms with van der Waals surface area (Å²) in [5.74, 6) is -0.0118. The number of nitrogens with one attached hydrogen (secondary N) is 1. The highest BCUT2D eigenvalue weighted by Crippen LogP contribution is 2.32. The fourth-order valence-electron chi connectivity index (χ4n) is 0.982. The van der Waals surface area contributed by atoms with E-state index in [1.165, 1.54) is 11.8 Å². The van der Waals surface area contributed by atoms with Crippen LogP contribution in [0.3, 0.4) is 0 Å². The summed E-state index contributed by atoms with van der Waals surface area (Å²) >= 11 is 1.64. The normalized spacial score (nSPS) is 11.4. The molecule has 13 heavy (non-hydrogen) atoms. The van der Waals surface area contributed by atoms with Crippen molar-refractivity contribution >= 4 is 22.2 Å². The molecule has 0 spiro atoms. The molecule has 0 aliphatic heterocycles. The number of thiophene rings is 1. The average Bonchev–Trinajstić information content (AvgIpc) is 2.32. The lowest BCUT2D eigenvalue weighted by Gasteiger charge is -2.15. The molecule has 2 nitrogen and oxygen atoms in total. The van der Waals surface area contributed by atoms with Crippen LogP contribution < -0.4 is 5.32 Å². The van der Waals surface area contributed by atoms with Gasteiger partial charge in [-0.2, -0.15) is 0 Å². The zero-order valence-electron chi connectivity index (χ0n) is 8.47. The minimum absolute atomic E-state index is 0.0118. The molecule has 1 heterocycles. The van der Waals surface area contributed by atoms with Crippen LogP contribution in [0.1, 0.15) is 32.6 Å². The molecule has 1 aromatic rings. The maximum absolute atomic E-state index is 10.8. The molecule has 1 aromatic heterocycles. The zero-order chi connectivity index (χ0) is 10.1. The van der Waals surface area contributed by atoms with E-state index in [1.807, 2.05) is 6.07 Å². The number of hydrogen-bond donors (Lipinski definition) is 1. The maximum atomic E-state index is 10.8. The second-order valence-electron chi connectivity index (χ2n) is 4.10. The fourth-order valence-corrected chi connectivity index (χ4v) is 1.99. The molecule has 1 rings (SSSR count). The topological polar surface area (TPSA) is 29.1 Å². The fraction of sp³-hybridized carbons (Fsp3) is 0.500. The second kappa shape index (κ2) is 3.50. The third-order valence-corrected chi connectivity index (χ3v) is 3.07. The van der Waals surface area contributed by atoms with Crippen LogP contribution in [0.4, 0.5) is 5.00 Å². The van der Waals surface area contributed by atoms with Crippen molar-refractivity contribution in [3.8, 4) is 0 Å². The van der Waals surface area contributed by atoms with Crippen LogP contribution in [-0.4, -0.2) is 5.91 Å². The molecule has 3 heteroatoms. The molecule has 0 saturated heterocycles. The summed E-state index contributed by atoms with van der Waals surface area (Å²) in [5, 5.41) is 3.71. The smallest absolute Gasteiger partial charge is 0.221 e. The predicted molar refractivity (Wildman–Crippen MR) is 57.3 cm³/mol. The van der Waals surface area contributed by atoms with Gasteiger partial charge in [-0.3, -0.25) is 4.79 Å². The van der Waals surface area contributed by atoms with Gasteiger partial charge in [0.15, 0.2) is 0 Å². The average molecular weight is 197 g/mol. The van der Waals surface area contributed by atoms with Crippen LogP contribution in [-0.2, 0) is 10.2 Å². The van der Waals surface area contributed by atoms with Crippen LogP contribution in [0.5, 0.6) is 0 Å². The van der Waals surface area contributed by atoms with Gasteiger partial charge in [-0.05, 0) is 17.5 Å². The number of anilines is 1. The SMILES string of the molecule is CC(=O)Nc1ccc(C(C)(C)C)s1. The molecule has 0 fully saturated rings. The van der Waals surface area contributed by atoms with Crippen LogP contribution in [0, 0.1) is 0 Å². The van der Waals surface area contributed by atoms with Gasteiger partial charge in [0.2, 0.25) is 5.91 Å². The highest BCUT2D eigenvalue weighted by molar-refractivity contribution is 7.16. The molecule has 72 valence electrons. The molecule has 1 N–H and O–H groups in total. The summed E-state index contributed by atoms with van der Waals surface area (Å²) in [7, 11) is 0. The van der Waals surface area contributed by atoms with Crippen LogP contribution in [0.2, 0.25) is 0 Å². The monoisotopic (exact) mass is 197 g/mol. The minimum atomic E-state index is -0.0118. The molecule has 0 aromatic carbocycles. The first-order valence-electron chi connectivity index (χ1n) is 4.27. The van der Waals surface area contributed by atoms with E-state index in [0.717, 1.165) is 5.00 Å². The largest absolute Gasteiger partial charge is 0.318 e. The molecule has 1 amide bonds. The number of rotatable bonds is 1. The summed E-state index contributed by atoms with van der Waals surface area (Å²) in [5.41, 5.74) is 0.168. The maximum Gasteiger partial charge on any atom is 0.221 e. The summed E-state index contributed by atoms with van der Waals surface area (Å²) in [6.45, 7) is 8.01. The van der Waals surface area contributed by atoms with Crippen LogP contribution >= 0.6 is 11.3 Å². The van der Waals surface area contributed by atoms with Gasteiger partial charge < -0.3 is 5.32 Å². The van der Waals surface area contributed by atoms with Crippen molar-refractivity contribution in [3.63, 3.8) is 0 Å². The molecule has 0 bridgehead atoms. The Hall–Kier alpha value is -0.830. The number of carbonyl (C=O) groups is 1. The number of amides is 1. The molecule has 0 saturated carbocycles. The van der Waals surface area contributed by atoms with Crippen molar-refractivity contribution in [2.24, 2.45) is 0 Å². The van der Waals surface area contributed by atoms with E-state index in [9.17, 15) is 4.79 Å². The Morgan fingerprint density at radius 1 is 1.38 bits per heavy atom. The lowest BCUT2D eigenvalue weighted by molar-refractivity contribution is -0.114. The van der Waals surface area contributed by atoms with E-state index >= 15 is 0 Å². The third kappa shape index (κ3) is 2.84. The van der Waals surface area contributed by atoms with Crippen molar-refractivity contribution in [1.29, 1.82) is 0 Å². The van der Waals surface area contributed by atoms with Crippen molar-refractivity contribution in [3.05, 3.63) is 17.0 Å². The Kier molecular flexibility index (Phi) is 2.76. The molecular weight excluding hydrogens is 182 g/mol. The molecular formula is C10H15NOS. The quantitative estimate of drug-likeness (QED) is 0.736. The van der Waals surface area contributed by atoms with Crippen LogP contribution in [0.15, 0.2) is 12.1 Å². The van der Waals surface area contributed by atoms with E-state index in [4.69, 9.17) is 0 Å². The van der Waals surface area contributed by atoms with Crippen molar-refractivity contribution < 1.29 is 4.79 Å². The lowest BCUT2D eigenvalue weighted by atomic mass is 9.95. The van der Waals surface area contributed by atoms with Gasteiger partial charge in [0.1, 0.15) is 0 Å². The van der Waals surface area contributed by atoms with Crippen molar-refractivity contribution in [2.75, 3.05) is 5.32 Å². The molecule has 0 aliphatic rings. The van der Waals surface area contributed by atoms with E-state index in [0.29, 0.717) is 0 Å². The van der Waals surface area contributed by atoms with E-state index in [-0.39, 0.29) is 11.3 Å². The highest BCUT2D eigenvalue weighted by atomic mass is 32.1. The van der Waals surface area contributed by atoms with Gasteiger partial charge >= 0.3 is 0 Å². The lowest BCUT2D eigenvalue weighted by Crippen LogP contribution is -2.08. The summed E-state index contributed by atoms with van der Waals surface area (Å²) in [6.07, 6.45) is 0. The van der Waals surface area contributed by atoms with Gasteiger partial charge in [0.25, 0.3) is 0 Å². The number of hydrogen-bond acceptors (Lipinski definition) is 2. The standard InChI is InChI=1S/C10H15NOS/c1-7(12)11-9-6-5-8(13-9)10(2,3)4/h5-6H,1-4H3,(H,11,12). The Morgan fingerprint density at radius 2 is 2.00 bits per heavy atom.